The van der Waals surface area contributed by atoms with Crippen molar-refractivity contribution in [3.05, 3.63) is 77.5 Å². The number of hydrogen-bond donors (Lipinski definition) is 0. The van der Waals surface area contributed by atoms with Crippen molar-refractivity contribution >= 4 is 23.4 Å². The van der Waals surface area contributed by atoms with Gasteiger partial charge in [-0.3, -0.25) is 4.79 Å². The summed E-state index contributed by atoms with van der Waals surface area (Å²) in [4.78, 5) is 20.5. The van der Waals surface area contributed by atoms with Gasteiger partial charge in [0.15, 0.2) is 0 Å². The second kappa shape index (κ2) is 8.07. The summed E-state index contributed by atoms with van der Waals surface area (Å²) in [6, 6.07) is 17.6. The fourth-order valence-electron chi connectivity index (χ4n) is 3.57. The van der Waals surface area contributed by atoms with E-state index in [1.807, 2.05) is 53.4 Å². The van der Waals surface area contributed by atoms with Gasteiger partial charge in [0.1, 0.15) is 10.8 Å². The zero-order chi connectivity index (χ0) is 19.5. The van der Waals surface area contributed by atoms with Crippen LogP contribution in [-0.2, 0) is 6.42 Å². The number of aryl methyl sites for hydroxylation is 1. The first-order valence-electron chi connectivity index (χ1n) is 9.34. The van der Waals surface area contributed by atoms with Gasteiger partial charge in [0.2, 0.25) is 0 Å². The minimum Gasteiger partial charge on any atom is -0.495 e. The van der Waals surface area contributed by atoms with Crippen LogP contribution in [0.5, 0.6) is 5.75 Å². The Kier molecular flexibility index (Phi) is 5.35. The Hall–Kier alpha value is -2.79. The molecular weight excluding hydrogens is 368 g/mol. The summed E-state index contributed by atoms with van der Waals surface area (Å²) in [5.41, 5.74) is 4.02. The molecule has 1 aromatic heterocycles. The molecule has 1 amide bonds. The Morgan fingerprint density at radius 1 is 1.11 bits per heavy atom. The largest absolute Gasteiger partial charge is 0.495 e. The topological polar surface area (TPSA) is 42.4 Å². The lowest BCUT2D eigenvalue weighted by atomic mass is 9.95. The zero-order valence-corrected chi connectivity index (χ0v) is 16.8. The number of methoxy groups -OCH3 is 1. The van der Waals surface area contributed by atoms with Crippen LogP contribution in [0.25, 0.3) is 0 Å². The summed E-state index contributed by atoms with van der Waals surface area (Å²) < 4.78 is 5.57. The van der Waals surface area contributed by atoms with Crippen LogP contribution in [0.2, 0.25) is 0 Å². The molecule has 2 heterocycles. The van der Waals surface area contributed by atoms with Crippen LogP contribution in [0.1, 0.15) is 27.9 Å². The Morgan fingerprint density at radius 2 is 1.93 bits per heavy atom. The highest BCUT2D eigenvalue weighted by Gasteiger charge is 2.27. The maximum Gasteiger partial charge on any atom is 0.258 e. The third-order valence-electron chi connectivity index (χ3n) is 4.98. The molecule has 0 fully saturated rings. The Bertz CT molecular complexity index is 987. The SMILES string of the molecule is COc1ccc(C)c2c1N(C(=O)c1ccc(Sc3ccccn3)cc1)CCC2. The minimum atomic E-state index is 0.0132. The van der Waals surface area contributed by atoms with Crippen LogP contribution >= 0.6 is 11.8 Å². The van der Waals surface area contributed by atoms with Crippen LogP contribution in [0.3, 0.4) is 0 Å². The second-order valence-electron chi connectivity index (χ2n) is 6.77. The van der Waals surface area contributed by atoms with Crippen molar-refractivity contribution in [1.29, 1.82) is 0 Å². The van der Waals surface area contributed by atoms with Gasteiger partial charge in [-0.1, -0.05) is 23.9 Å². The fourth-order valence-corrected chi connectivity index (χ4v) is 4.34. The molecule has 0 saturated carbocycles. The Morgan fingerprint density at radius 3 is 2.64 bits per heavy atom. The van der Waals surface area contributed by atoms with Crippen molar-refractivity contribution in [3.63, 3.8) is 0 Å². The van der Waals surface area contributed by atoms with Crippen LogP contribution < -0.4 is 9.64 Å². The molecule has 4 rings (SSSR count). The van der Waals surface area contributed by atoms with E-state index in [-0.39, 0.29) is 5.91 Å². The predicted octanol–water partition coefficient (Wildman–Crippen LogP) is 5.14. The van der Waals surface area contributed by atoms with E-state index in [9.17, 15) is 4.79 Å². The number of hydrogen-bond acceptors (Lipinski definition) is 4. The van der Waals surface area contributed by atoms with E-state index in [1.165, 1.54) is 11.1 Å². The van der Waals surface area contributed by atoms with Crippen molar-refractivity contribution in [1.82, 2.24) is 4.98 Å². The predicted molar refractivity (Wildman–Crippen MR) is 113 cm³/mol. The molecule has 4 nitrogen and oxygen atoms in total. The average molecular weight is 391 g/mol. The van der Waals surface area contributed by atoms with Gasteiger partial charge in [0.25, 0.3) is 5.91 Å². The summed E-state index contributed by atoms with van der Waals surface area (Å²) in [5.74, 6) is 0.773. The molecule has 0 spiro atoms. The lowest BCUT2D eigenvalue weighted by Crippen LogP contribution is -2.36. The molecule has 0 unspecified atom stereocenters. The number of carbonyl (C=O) groups is 1. The third kappa shape index (κ3) is 3.62. The third-order valence-corrected chi connectivity index (χ3v) is 5.94. The molecule has 5 heteroatoms. The van der Waals surface area contributed by atoms with Gasteiger partial charge in [-0.15, -0.1) is 0 Å². The molecule has 1 aliphatic rings. The molecule has 0 radical (unpaired) electrons. The smallest absolute Gasteiger partial charge is 0.258 e. The summed E-state index contributed by atoms with van der Waals surface area (Å²) in [5, 5.41) is 0.937. The number of benzene rings is 2. The molecule has 28 heavy (non-hydrogen) atoms. The van der Waals surface area contributed by atoms with Crippen LogP contribution in [0.4, 0.5) is 5.69 Å². The number of ether oxygens (including phenoxy) is 1. The lowest BCUT2D eigenvalue weighted by molar-refractivity contribution is 0.0984. The van der Waals surface area contributed by atoms with E-state index < -0.39 is 0 Å². The van der Waals surface area contributed by atoms with Crippen molar-refractivity contribution in [2.75, 3.05) is 18.6 Å². The molecule has 3 aromatic rings. The number of rotatable bonds is 4. The van der Waals surface area contributed by atoms with Crippen molar-refractivity contribution in [2.45, 2.75) is 29.7 Å². The summed E-state index contributed by atoms with van der Waals surface area (Å²) in [6.07, 6.45) is 3.71. The number of aromatic nitrogens is 1. The summed E-state index contributed by atoms with van der Waals surface area (Å²) in [6.45, 7) is 2.80. The van der Waals surface area contributed by atoms with Crippen LogP contribution in [0.15, 0.2) is 70.7 Å². The maximum atomic E-state index is 13.3. The quantitative estimate of drug-likeness (QED) is 0.618. The van der Waals surface area contributed by atoms with Crippen molar-refractivity contribution in [3.8, 4) is 5.75 Å². The molecule has 2 aromatic carbocycles. The van der Waals surface area contributed by atoms with Gasteiger partial charge in [-0.05, 0) is 73.4 Å². The number of fused-ring (bicyclic) bond motifs is 1. The van der Waals surface area contributed by atoms with Gasteiger partial charge in [0.05, 0.1) is 12.8 Å². The van der Waals surface area contributed by atoms with Crippen molar-refractivity contribution in [2.24, 2.45) is 0 Å². The number of anilines is 1. The first-order valence-corrected chi connectivity index (χ1v) is 10.2. The van der Waals surface area contributed by atoms with E-state index >= 15 is 0 Å². The monoisotopic (exact) mass is 390 g/mol. The first kappa shape index (κ1) is 18.6. The number of pyridine rings is 1. The molecular formula is C23H22N2O2S. The van der Waals surface area contributed by atoms with E-state index in [0.717, 1.165) is 34.2 Å². The van der Waals surface area contributed by atoms with Crippen LogP contribution in [-0.4, -0.2) is 24.5 Å². The molecule has 0 N–H and O–H groups in total. The lowest BCUT2D eigenvalue weighted by Gasteiger charge is -2.32. The summed E-state index contributed by atoms with van der Waals surface area (Å²) >= 11 is 1.58. The number of nitrogens with zero attached hydrogens (tertiary/aromatic N) is 2. The summed E-state index contributed by atoms with van der Waals surface area (Å²) in [7, 11) is 1.66. The molecule has 0 atom stereocenters. The second-order valence-corrected chi connectivity index (χ2v) is 7.86. The van der Waals surface area contributed by atoms with Crippen molar-refractivity contribution < 1.29 is 9.53 Å². The standard InChI is InChI=1S/C23H22N2O2S/c1-16-8-13-20(27-2)22-19(16)6-5-15-25(22)23(26)17-9-11-18(12-10-17)28-21-7-3-4-14-24-21/h3-4,7-14H,5-6,15H2,1-2H3. The maximum absolute atomic E-state index is 13.3. The molecule has 0 bridgehead atoms. The van der Waals surface area contributed by atoms with E-state index in [0.29, 0.717) is 12.1 Å². The van der Waals surface area contributed by atoms with Gasteiger partial charge >= 0.3 is 0 Å². The first-order chi connectivity index (χ1) is 13.7. The fraction of sp³-hybridized carbons (Fsp3) is 0.217. The molecule has 0 saturated heterocycles. The molecule has 1 aliphatic heterocycles. The molecule has 142 valence electrons. The zero-order valence-electron chi connectivity index (χ0n) is 16.0. The minimum absolute atomic E-state index is 0.0132. The van der Waals surface area contributed by atoms with Gasteiger partial charge in [-0.2, -0.15) is 0 Å². The van der Waals surface area contributed by atoms with Gasteiger partial charge < -0.3 is 9.64 Å². The highest BCUT2D eigenvalue weighted by molar-refractivity contribution is 7.99. The Balaban J connectivity index is 1.60. The average Bonchev–Trinajstić information content (AvgIpc) is 2.75. The molecule has 0 aliphatic carbocycles. The highest BCUT2D eigenvalue weighted by atomic mass is 32.2. The van der Waals surface area contributed by atoms with E-state index in [2.05, 4.69) is 18.0 Å². The van der Waals surface area contributed by atoms with Gasteiger partial charge in [0, 0.05) is 23.2 Å². The number of amides is 1. The Labute approximate surface area is 169 Å². The van der Waals surface area contributed by atoms with E-state index in [1.54, 1.807) is 25.1 Å². The van der Waals surface area contributed by atoms with Gasteiger partial charge in [-0.25, -0.2) is 4.98 Å². The normalized spacial score (nSPS) is 13.1. The van der Waals surface area contributed by atoms with E-state index in [4.69, 9.17) is 4.74 Å². The van der Waals surface area contributed by atoms with Crippen LogP contribution in [0, 0.1) is 6.92 Å². The highest BCUT2D eigenvalue weighted by Crippen LogP contribution is 2.39. The number of carbonyl (C=O) groups excluding carboxylic acids is 1.